The monoisotopic (exact) mass is 214 g/mol. The zero-order valence-corrected chi connectivity index (χ0v) is 8.43. The third kappa shape index (κ3) is 1.73. The number of thioether (sulfide) groups is 1. The van der Waals surface area contributed by atoms with Crippen molar-refractivity contribution < 1.29 is 0 Å². The Hall–Kier alpha value is -1.08. The van der Waals surface area contributed by atoms with Gasteiger partial charge >= 0.3 is 11.1 Å². The second-order valence-corrected chi connectivity index (χ2v) is 4.37. The molecule has 1 aromatic rings. The molecule has 2 rings (SSSR count). The van der Waals surface area contributed by atoms with E-state index in [-0.39, 0.29) is 0 Å². The molecule has 0 radical (unpaired) electrons. The van der Waals surface area contributed by atoms with E-state index >= 15 is 0 Å². The summed E-state index contributed by atoms with van der Waals surface area (Å²) in [7, 11) is 1.67. The number of hydrogen-bond acceptors (Lipinski definition) is 5. The lowest BCUT2D eigenvalue weighted by atomic mass is 10.3. The highest BCUT2D eigenvalue weighted by Gasteiger charge is 2.20. The summed E-state index contributed by atoms with van der Waals surface area (Å²) in [4.78, 5) is 25.6. The number of hydrogen-bond donors (Lipinski definition) is 2. The fraction of sp³-hybridized carbons (Fsp3) is 0.571. The lowest BCUT2D eigenvalue weighted by molar-refractivity contribution is 0.535. The number of aryl methyl sites for hydroxylation is 1. The number of nitrogens with zero attached hydrogens (tertiary/aromatic N) is 2. The third-order valence-corrected chi connectivity index (χ3v) is 3.21. The summed E-state index contributed by atoms with van der Waals surface area (Å²) in [5.74, 6) is 0. The molecule has 0 unspecified atom stereocenters. The minimum absolute atomic E-state index is 0.444. The normalized spacial score (nSPS) is 16.6. The molecule has 1 saturated heterocycles. The molecule has 76 valence electrons. The van der Waals surface area contributed by atoms with Crippen LogP contribution in [0.3, 0.4) is 0 Å². The first kappa shape index (κ1) is 9.47. The van der Waals surface area contributed by atoms with Gasteiger partial charge in [0.25, 0.3) is 0 Å². The maximum atomic E-state index is 11.0. The van der Waals surface area contributed by atoms with E-state index in [1.807, 2.05) is 0 Å². The predicted octanol–water partition coefficient (Wildman–Crippen LogP) is -1.47. The summed E-state index contributed by atoms with van der Waals surface area (Å²) in [5.41, 5.74) is -1.40. The molecule has 2 N–H and O–H groups in total. The molecule has 1 aliphatic rings. The van der Waals surface area contributed by atoms with Gasteiger partial charge < -0.3 is 5.32 Å². The van der Waals surface area contributed by atoms with Crippen molar-refractivity contribution in [1.82, 2.24) is 20.1 Å². The zero-order chi connectivity index (χ0) is 10.1. The first-order chi connectivity index (χ1) is 6.66. The van der Waals surface area contributed by atoms with Crippen molar-refractivity contribution >= 4 is 11.8 Å². The molecule has 0 atom stereocenters. The van der Waals surface area contributed by atoms with Crippen molar-refractivity contribution in [2.45, 2.75) is 10.4 Å². The van der Waals surface area contributed by atoms with E-state index in [1.54, 1.807) is 7.05 Å². The van der Waals surface area contributed by atoms with Gasteiger partial charge in [0, 0.05) is 25.4 Å². The van der Waals surface area contributed by atoms with Crippen LogP contribution in [0.15, 0.2) is 14.7 Å². The Labute approximate surface area is 83.7 Å². The van der Waals surface area contributed by atoms with Gasteiger partial charge in [-0.2, -0.15) is 4.98 Å². The summed E-state index contributed by atoms with van der Waals surface area (Å²) in [6, 6.07) is 0. The van der Waals surface area contributed by atoms with Gasteiger partial charge in [0.1, 0.15) is 0 Å². The second-order valence-electron chi connectivity index (χ2n) is 3.10. The van der Waals surface area contributed by atoms with Crippen LogP contribution in [-0.2, 0) is 7.05 Å². The number of rotatable bonds is 2. The Balaban J connectivity index is 2.28. The molecule has 1 aromatic heterocycles. The van der Waals surface area contributed by atoms with Crippen molar-refractivity contribution in [3.63, 3.8) is 0 Å². The van der Waals surface area contributed by atoms with Crippen LogP contribution in [-0.4, -0.2) is 33.1 Å². The van der Waals surface area contributed by atoms with Crippen LogP contribution in [0, 0.1) is 0 Å². The molecule has 0 aromatic carbocycles. The molecule has 2 heterocycles. The first-order valence-corrected chi connectivity index (χ1v) is 5.09. The number of aromatic amines is 1. The topological polar surface area (TPSA) is 79.8 Å². The van der Waals surface area contributed by atoms with Crippen molar-refractivity contribution in [2.75, 3.05) is 13.1 Å². The van der Waals surface area contributed by atoms with Crippen molar-refractivity contribution in [3.8, 4) is 0 Å². The molecular weight excluding hydrogens is 204 g/mol. The third-order valence-electron chi connectivity index (χ3n) is 1.96. The Kier molecular flexibility index (Phi) is 2.42. The summed E-state index contributed by atoms with van der Waals surface area (Å²) in [6.45, 7) is 1.83. The highest BCUT2D eigenvalue weighted by atomic mass is 32.2. The summed E-state index contributed by atoms with van der Waals surface area (Å²) in [5, 5.41) is 6.52. The number of aromatic nitrogens is 3. The molecule has 0 amide bonds. The van der Waals surface area contributed by atoms with E-state index in [4.69, 9.17) is 0 Å². The van der Waals surface area contributed by atoms with E-state index < -0.39 is 11.1 Å². The number of nitrogens with one attached hydrogen (secondary N) is 2. The summed E-state index contributed by atoms with van der Waals surface area (Å²) < 4.78 is 1.48. The Morgan fingerprint density at radius 1 is 1.50 bits per heavy atom. The van der Waals surface area contributed by atoms with Crippen molar-refractivity contribution in [3.05, 3.63) is 20.7 Å². The van der Waals surface area contributed by atoms with E-state index in [0.29, 0.717) is 10.4 Å². The molecule has 0 spiro atoms. The van der Waals surface area contributed by atoms with E-state index in [1.165, 1.54) is 16.4 Å². The molecule has 14 heavy (non-hydrogen) atoms. The molecule has 7 heteroatoms. The van der Waals surface area contributed by atoms with Crippen molar-refractivity contribution in [1.29, 1.82) is 0 Å². The van der Waals surface area contributed by atoms with Gasteiger partial charge in [-0.25, -0.2) is 0 Å². The maximum Gasteiger partial charge on any atom is 0.339 e. The zero-order valence-electron chi connectivity index (χ0n) is 7.61. The van der Waals surface area contributed by atoms with Crippen LogP contribution in [0.2, 0.25) is 0 Å². The fourth-order valence-corrected chi connectivity index (χ4v) is 2.10. The summed E-state index contributed by atoms with van der Waals surface area (Å²) >= 11 is 1.50. The van der Waals surface area contributed by atoms with Crippen LogP contribution < -0.4 is 16.4 Å². The van der Waals surface area contributed by atoms with Crippen LogP contribution in [0.1, 0.15) is 0 Å². The van der Waals surface area contributed by atoms with Crippen LogP contribution in [0.5, 0.6) is 0 Å². The predicted molar refractivity (Wildman–Crippen MR) is 52.6 cm³/mol. The minimum atomic E-state index is -0.724. The van der Waals surface area contributed by atoms with Crippen LogP contribution >= 0.6 is 11.8 Å². The first-order valence-electron chi connectivity index (χ1n) is 4.21. The summed E-state index contributed by atoms with van der Waals surface area (Å²) in [6.07, 6.45) is 0. The van der Waals surface area contributed by atoms with Crippen LogP contribution in [0.4, 0.5) is 0 Å². The standard InChI is InChI=1S/C7H10N4O2S/c1-11-7(14-4-2-8-3-4)9-5(12)6(13)10-11/h4,8H,2-3H2,1H3,(H,10,13). The Morgan fingerprint density at radius 2 is 2.21 bits per heavy atom. The van der Waals surface area contributed by atoms with Gasteiger partial charge in [-0.05, 0) is 0 Å². The molecule has 0 saturated carbocycles. The lowest BCUT2D eigenvalue weighted by Crippen LogP contribution is -2.45. The van der Waals surface area contributed by atoms with Gasteiger partial charge in [0.15, 0.2) is 5.16 Å². The Morgan fingerprint density at radius 3 is 2.79 bits per heavy atom. The quantitative estimate of drug-likeness (QED) is 0.588. The van der Waals surface area contributed by atoms with E-state index in [0.717, 1.165) is 13.1 Å². The van der Waals surface area contributed by atoms with E-state index in [9.17, 15) is 9.59 Å². The SMILES string of the molecule is Cn1[nH]c(=O)c(=O)nc1SC1CNC1. The van der Waals surface area contributed by atoms with Crippen LogP contribution in [0.25, 0.3) is 0 Å². The Bertz CT molecular complexity index is 448. The molecular formula is C7H10N4O2S. The molecule has 0 aliphatic carbocycles. The van der Waals surface area contributed by atoms with E-state index in [2.05, 4.69) is 15.4 Å². The maximum absolute atomic E-state index is 11.0. The van der Waals surface area contributed by atoms with Gasteiger partial charge in [-0.3, -0.25) is 19.4 Å². The average molecular weight is 214 g/mol. The van der Waals surface area contributed by atoms with Gasteiger partial charge in [-0.1, -0.05) is 11.8 Å². The van der Waals surface area contributed by atoms with Gasteiger partial charge in [-0.15, -0.1) is 0 Å². The minimum Gasteiger partial charge on any atom is -0.314 e. The second kappa shape index (κ2) is 3.58. The molecule has 6 nitrogen and oxygen atoms in total. The highest BCUT2D eigenvalue weighted by molar-refractivity contribution is 7.99. The molecule has 0 bridgehead atoms. The highest BCUT2D eigenvalue weighted by Crippen LogP contribution is 2.21. The van der Waals surface area contributed by atoms with Gasteiger partial charge in [0.05, 0.1) is 0 Å². The molecule has 1 aliphatic heterocycles. The molecule has 1 fully saturated rings. The fourth-order valence-electron chi connectivity index (χ4n) is 1.06. The largest absolute Gasteiger partial charge is 0.339 e. The smallest absolute Gasteiger partial charge is 0.314 e. The average Bonchev–Trinajstić information content (AvgIpc) is 2.06. The number of H-pyrrole nitrogens is 1. The lowest BCUT2D eigenvalue weighted by Gasteiger charge is -2.25. The van der Waals surface area contributed by atoms with Gasteiger partial charge in [0.2, 0.25) is 0 Å². The van der Waals surface area contributed by atoms with Crippen molar-refractivity contribution in [2.24, 2.45) is 7.05 Å².